The molecule has 6 nitrogen and oxygen atoms in total. The number of nitrogens with zero attached hydrogens (tertiary/aromatic N) is 2. The number of hydrazone groups is 1. The number of ether oxygens (including phenoxy) is 2. The predicted molar refractivity (Wildman–Crippen MR) is 111 cm³/mol. The van der Waals surface area contributed by atoms with E-state index in [2.05, 4.69) is 31.4 Å². The van der Waals surface area contributed by atoms with Gasteiger partial charge in [0.05, 0.1) is 21.7 Å². The van der Waals surface area contributed by atoms with E-state index in [9.17, 15) is 4.79 Å². The number of nitrogens with one attached hydrogen (secondary N) is 1. The van der Waals surface area contributed by atoms with Crippen LogP contribution in [0.4, 0.5) is 0 Å². The van der Waals surface area contributed by atoms with Crippen LogP contribution in [0.25, 0.3) is 10.2 Å². The van der Waals surface area contributed by atoms with E-state index in [-0.39, 0.29) is 18.0 Å². The number of thiazole rings is 1. The first-order valence-electron chi connectivity index (χ1n) is 8.04. The second-order valence-corrected chi connectivity index (χ2v) is 9.14. The SMILES string of the molecule is C[C@H](Sc1nc2ccccc2s1)C(=O)N/N=C\c1cc2c(cc1Br)OCO2. The van der Waals surface area contributed by atoms with Crippen LogP contribution < -0.4 is 14.9 Å². The van der Waals surface area contributed by atoms with E-state index in [1.807, 2.05) is 37.3 Å². The van der Waals surface area contributed by atoms with Gasteiger partial charge >= 0.3 is 0 Å². The Hall–Kier alpha value is -2.10. The topological polar surface area (TPSA) is 72.8 Å². The van der Waals surface area contributed by atoms with Gasteiger partial charge in [0.15, 0.2) is 15.8 Å². The molecule has 0 radical (unpaired) electrons. The largest absolute Gasteiger partial charge is 0.454 e. The predicted octanol–water partition coefficient (Wildman–Crippen LogP) is 4.42. The Morgan fingerprint density at radius 1 is 1.37 bits per heavy atom. The van der Waals surface area contributed by atoms with Crippen molar-refractivity contribution in [2.24, 2.45) is 5.10 Å². The second-order valence-electron chi connectivity index (χ2n) is 5.67. The summed E-state index contributed by atoms with van der Waals surface area (Å²) in [6, 6.07) is 11.5. The molecule has 1 aliphatic rings. The highest BCUT2D eigenvalue weighted by atomic mass is 79.9. The minimum atomic E-state index is -0.317. The summed E-state index contributed by atoms with van der Waals surface area (Å²) in [5.74, 6) is 1.15. The molecule has 4 rings (SSSR count). The lowest BCUT2D eigenvalue weighted by Crippen LogP contribution is -2.26. The van der Waals surface area contributed by atoms with Crippen LogP contribution in [-0.4, -0.2) is 29.1 Å². The number of benzene rings is 2. The Morgan fingerprint density at radius 2 is 2.15 bits per heavy atom. The van der Waals surface area contributed by atoms with E-state index >= 15 is 0 Å². The molecule has 0 fully saturated rings. The fourth-order valence-electron chi connectivity index (χ4n) is 2.39. The molecule has 2 aromatic carbocycles. The van der Waals surface area contributed by atoms with Gasteiger partial charge in [-0.2, -0.15) is 5.10 Å². The normalized spacial score (nSPS) is 14.0. The maximum Gasteiger partial charge on any atom is 0.253 e. The molecule has 0 spiro atoms. The number of halogens is 1. The molecule has 0 saturated carbocycles. The van der Waals surface area contributed by atoms with E-state index in [1.165, 1.54) is 11.8 Å². The van der Waals surface area contributed by atoms with Crippen LogP contribution >= 0.6 is 39.0 Å². The third-order valence-corrected chi connectivity index (χ3v) is 6.71. The lowest BCUT2D eigenvalue weighted by atomic mass is 10.2. The third kappa shape index (κ3) is 4.10. The maximum atomic E-state index is 12.3. The Balaban J connectivity index is 1.38. The average Bonchev–Trinajstić information content (AvgIpc) is 3.27. The van der Waals surface area contributed by atoms with Crippen LogP contribution in [0, 0.1) is 0 Å². The molecule has 138 valence electrons. The lowest BCUT2D eigenvalue weighted by Gasteiger charge is -2.07. The number of hydrogen-bond donors (Lipinski definition) is 1. The Kier molecular flexibility index (Phi) is 5.33. The Labute approximate surface area is 172 Å². The van der Waals surface area contributed by atoms with Crippen molar-refractivity contribution < 1.29 is 14.3 Å². The summed E-state index contributed by atoms with van der Waals surface area (Å²) in [5.41, 5.74) is 4.30. The summed E-state index contributed by atoms with van der Waals surface area (Å²) < 4.78 is 13.4. The first-order valence-corrected chi connectivity index (χ1v) is 10.5. The van der Waals surface area contributed by atoms with Gasteiger partial charge in [-0.25, -0.2) is 10.4 Å². The second kappa shape index (κ2) is 7.87. The zero-order valence-electron chi connectivity index (χ0n) is 14.1. The fraction of sp³-hybridized carbons (Fsp3) is 0.167. The molecular weight excluding hydrogens is 450 g/mol. The van der Waals surface area contributed by atoms with Gasteiger partial charge in [-0.3, -0.25) is 4.79 Å². The summed E-state index contributed by atoms with van der Waals surface area (Å²) in [5, 5.41) is 3.74. The van der Waals surface area contributed by atoms with E-state index in [1.54, 1.807) is 23.6 Å². The van der Waals surface area contributed by atoms with E-state index in [0.717, 1.165) is 24.6 Å². The van der Waals surface area contributed by atoms with Gasteiger partial charge in [0, 0.05) is 10.0 Å². The quantitative estimate of drug-likeness (QED) is 0.344. The van der Waals surface area contributed by atoms with Gasteiger partial charge in [0.1, 0.15) is 0 Å². The van der Waals surface area contributed by atoms with Crippen molar-refractivity contribution in [2.75, 3.05) is 6.79 Å². The molecule has 1 aliphatic heterocycles. The number of hydrogen-bond acceptors (Lipinski definition) is 7. The summed E-state index contributed by atoms with van der Waals surface area (Å²) in [6.45, 7) is 2.04. The molecule has 0 bridgehead atoms. The van der Waals surface area contributed by atoms with Gasteiger partial charge in [0.2, 0.25) is 6.79 Å². The first kappa shape index (κ1) is 18.3. The number of rotatable bonds is 5. The van der Waals surface area contributed by atoms with Crippen molar-refractivity contribution in [1.29, 1.82) is 0 Å². The molecule has 3 aromatic rings. The van der Waals surface area contributed by atoms with Crippen LogP contribution in [0.5, 0.6) is 11.5 Å². The van der Waals surface area contributed by atoms with Gasteiger partial charge < -0.3 is 9.47 Å². The van der Waals surface area contributed by atoms with Crippen molar-refractivity contribution in [2.45, 2.75) is 16.5 Å². The summed E-state index contributed by atoms with van der Waals surface area (Å²) in [7, 11) is 0. The van der Waals surface area contributed by atoms with Gasteiger partial charge in [-0.15, -0.1) is 11.3 Å². The number of fused-ring (bicyclic) bond motifs is 2. The van der Waals surface area contributed by atoms with Gasteiger partial charge in [-0.05, 0) is 47.1 Å². The van der Waals surface area contributed by atoms with E-state index in [0.29, 0.717) is 11.5 Å². The maximum absolute atomic E-state index is 12.3. The smallest absolute Gasteiger partial charge is 0.253 e. The molecule has 0 aliphatic carbocycles. The van der Waals surface area contributed by atoms with Crippen molar-refractivity contribution in [1.82, 2.24) is 10.4 Å². The van der Waals surface area contributed by atoms with Gasteiger partial charge in [0.25, 0.3) is 5.91 Å². The molecule has 9 heteroatoms. The zero-order chi connectivity index (χ0) is 18.8. The molecule has 1 N–H and O–H groups in total. The minimum absolute atomic E-state index is 0.188. The summed E-state index contributed by atoms with van der Waals surface area (Å²) in [4.78, 5) is 16.8. The molecular formula is C18H14BrN3O3S2. The number of carbonyl (C=O) groups excluding carboxylic acids is 1. The molecule has 1 atom stereocenters. The van der Waals surface area contributed by atoms with Crippen molar-refractivity contribution in [3.8, 4) is 11.5 Å². The van der Waals surface area contributed by atoms with Crippen molar-refractivity contribution in [3.63, 3.8) is 0 Å². The lowest BCUT2D eigenvalue weighted by molar-refractivity contribution is -0.120. The van der Waals surface area contributed by atoms with Crippen molar-refractivity contribution >= 4 is 61.4 Å². The number of aromatic nitrogens is 1. The fourth-order valence-corrected chi connectivity index (χ4v) is 5.02. The minimum Gasteiger partial charge on any atom is -0.454 e. The average molecular weight is 464 g/mol. The van der Waals surface area contributed by atoms with E-state index < -0.39 is 0 Å². The monoisotopic (exact) mass is 463 g/mol. The molecule has 1 amide bonds. The van der Waals surface area contributed by atoms with Crippen LogP contribution in [-0.2, 0) is 4.79 Å². The van der Waals surface area contributed by atoms with Crippen LogP contribution in [0.2, 0.25) is 0 Å². The molecule has 27 heavy (non-hydrogen) atoms. The number of amides is 1. The Bertz CT molecular complexity index is 1000. The number of carbonyl (C=O) groups is 1. The molecule has 0 unspecified atom stereocenters. The Morgan fingerprint density at radius 3 is 2.96 bits per heavy atom. The molecule has 2 heterocycles. The third-order valence-electron chi connectivity index (χ3n) is 3.79. The number of para-hydroxylation sites is 1. The zero-order valence-corrected chi connectivity index (χ0v) is 17.4. The molecule has 0 saturated heterocycles. The molecule has 1 aromatic heterocycles. The van der Waals surface area contributed by atoms with Crippen molar-refractivity contribution in [3.05, 3.63) is 46.4 Å². The summed E-state index contributed by atoms with van der Waals surface area (Å²) in [6.07, 6.45) is 1.57. The highest BCUT2D eigenvalue weighted by molar-refractivity contribution is 9.10. The van der Waals surface area contributed by atoms with Crippen LogP contribution in [0.3, 0.4) is 0 Å². The number of thioether (sulfide) groups is 1. The van der Waals surface area contributed by atoms with Crippen LogP contribution in [0.15, 0.2) is 50.3 Å². The standard InChI is InChI=1S/C18H14BrN3O3S2/c1-10(26-18-21-13-4-2-3-5-16(13)27-18)17(23)22-20-8-11-6-14-15(7-12(11)19)25-9-24-14/h2-8,10H,9H2,1H3,(H,22,23)/b20-8-/t10-/m0/s1. The first-order chi connectivity index (χ1) is 13.1. The highest BCUT2D eigenvalue weighted by Gasteiger charge is 2.17. The van der Waals surface area contributed by atoms with E-state index in [4.69, 9.17) is 9.47 Å². The highest BCUT2D eigenvalue weighted by Crippen LogP contribution is 2.36. The van der Waals surface area contributed by atoms with Gasteiger partial charge in [-0.1, -0.05) is 23.9 Å². The summed E-state index contributed by atoms with van der Waals surface area (Å²) >= 11 is 6.45. The van der Waals surface area contributed by atoms with Crippen LogP contribution in [0.1, 0.15) is 12.5 Å².